The van der Waals surface area contributed by atoms with Crippen molar-refractivity contribution in [3.63, 3.8) is 0 Å². The van der Waals surface area contributed by atoms with Crippen molar-refractivity contribution in [3.05, 3.63) is 82.7 Å². The first kappa shape index (κ1) is 99.2. The highest BCUT2D eigenvalue weighted by Gasteiger charge is 2.34. The van der Waals surface area contributed by atoms with Crippen LogP contribution in [0.5, 0.6) is 0 Å². The molecule has 23 nitrogen and oxygen atoms in total. The van der Waals surface area contributed by atoms with E-state index in [0.717, 1.165) is 100 Å². The Balaban J connectivity index is 0.000000356. The van der Waals surface area contributed by atoms with Crippen LogP contribution in [0.4, 0.5) is 38.4 Å². The Bertz CT molecular complexity index is 3590. The van der Waals surface area contributed by atoms with Crippen molar-refractivity contribution in [2.75, 3.05) is 88.6 Å². The van der Waals surface area contributed by atoms with Gasteiger partial charge in [-0.05, 0) is 233 Å². The summed E-state index contributed by atoms with van der Waals surface area (Å²) in [5, 5.41) is 8.47. The van der Waals surface area contributed by atoms with E-state index in [2.05, 4.69) is 12.6 Å². The molecule has 5 fully saturated rings. The molecule has 4 N–H and O–H groups in total. The Morgan fingerprint density at radius 1 is 0.545 bits per heavy atom. The van der Waals surface area contributed by atoms with E-state index in [-0.39, 0.29) is 122 Å². The molecule has 0 bridgehead atoms. The van der Waals surface area contributed by atoms with Gasteiger partial charge in [-0.1, -0.05) is 47.6 Å². The zero-order chi connectivity index (χ0) is 84.5. The van der Waals surface area contributed by atoms with E-state index in [1.54, 1.807) is 54.8 Å². The second kappa shape index (κ2) is 47.7. The van der Waals surface area contributed by atoms with Crippen LogP contribution in [0.3, 0.4) is 0 Å². The van der Waals surface area contributed by atoms with Crippen LogP contribution in [0.15, 0.2) is 60.7 Å². The number of benzene rings is 2. The first-order chi connectivity index (χ1) is 52.0. The van der Waals surface area contributed by atoms with Gasteiger partial charge in [0.2, 0.25) is 0 Å². The summed E-state index contributed by atoms with van der Waals surface area (Å²) >= 11 is 17.5. The minimum absolute atomic E-state index is 0.0359. The largest absolute Gasteiger partial charge is 0.444 e. The van der Waals surface area contributed by atoms with Crippen LogP contribution in [0.2, 0.25) is 0 Å². The number of amides is 5. The number of nitrogen functional groups attached to an aromatic ring is 1. The number of thiophene rings is 1. The van der Waals surface area contributed by atoms with Crippen LogP contribution < -0.4 is 11.5 Å². The molecule has 5 aliphatic heterocycles. The summed E-state index contributed by atoms with van der Waals surface area (Å²) in [4.78, 5) is 128. The molecule has 1 aromatic heterocycles. The number of alkyl halides is 1. The number of allylic oxidation sites excluding steroid dienone is 1. The fourth-order valence-corrected chi connectivity index (χ4v) is 14.2. The van der Waals surface area contributed by atoms with Gasteiger partial charge in [0.05, 0.1) is 33.3 Å². The van der Waals surface area contributed by atoms with Gasteiger partial charge in [-0.2, -0.15) is 17.9 Å². The molecule has 2 aromatic carbocycles. The van der Waals surface area contributed by atoms with Gasteiger partial charge in [-0.15, -0.1) is 22.9 Å². The van der Waals surface area contributed by atoms with Crippen LogP contribution in [0, 0.1) is 46.6 Å². The number of Topliss-reactive ketones (excluding diaryl/α,β-unsaturated/α-hetero) is 4. The lowest BCUT2D eigenvalue weighted by molar-refractivity contribution is -0.118. The molecule has 5 amide bonds. The van der Waals surface area contributed by atoms with Crippen LogP contribution in [0.1, 0.15) is 216 Å². The van der Waals surface area contributed by atoms with E-state index >= 15 is 0 Å². The van der Waals surface area contributed by atoms with Crippen LogP contribution in [-0.2, 0) is 42.9 Å². The molecule has 0 unspecified atom stereocenters. The Morgan fingerprint density at radius 2 is 0.902 bits per heavy atom. The standard InChI is InChI=1S/C22H27FN2O3S.C15H25NO4S.C13H22ClNO3.C13H23NO3S.C10H20N2O2.C9H5ClFN/c1-22(2,3)28-21(27)25-9-5-6-14(13-25)10-18(26)20-17(24)12-19(29-20)15-7-4-8-16(23)11-15;1-11(17)21-10-13(18)8-12-6-5-7-16(9-12)14(19)20-15(2,3)4;1-13(2,3)18-12(17)15-6-4-5-10(9-15)7-11(16)8-14;1-13(2,3)17-12(16)14-6-4-5-10(8-14)7-11(15)9-18;1-10(2,3)14-9(13)12-6-4-5-8(11)7-12;10-9(4-5-12)7-2-1-3-8(11)6-7/h4,7-8,11-12,14H,5-6,9-10,13,24H2,1-3H3;12H,5-10H2,1-4H3;10H,4-9H2,1-3H3;10,18H,4-9H2,1-3H3;8H,4-7,11H2,1-3H3;1-4,6H/b;;;;;9-4-/t14-;12-;2*10-;8-;/m11110./s1. The molecule has 112 heavy (non-hydrogen) atoms. The number of thiol groups is 1. The number of ether oxygens (including phenoxy) is 5. The molecule has 30 heteroatoms. The van der Waals surface area contributed by atoms with Gasteiger partial charge in [0.15, 0.2) is 10.9 Å². The Hall–Kier alpha value is -7.03. The predicted octanol–water partition coefficient (Wildman–Crippen LogP) is 17.9. The molecule has 0 aliphatic carbocycles. The second-order valence-electron chi connectivity index (χ2n) is 33.5. The quantitative estimate of drug-likeness (QED) is 0.0418. The van der Waals surface area contributed by atoms with Gasteiger partial charge in [0, 0.05) is 121 Å². The Labute approximate surface area is 686 Å². The van der Waals surface area contributed by atoms with Gasteiger partial charge >= 0.3 is 30.5 Å². The number of nitriles is 1. The fourth-order valence-electron chi connectivity index (χ4n) is 12.3. The number of thioether (sulfide) groups is 1. The van der Waals surface area contributed by atoms with Crippen LogP contribution >= 0.6 is 58.9 Å². The topological polar surface area (TPSA) is 309 Å². The van der Waals surface area contributed by atoms with E-state index in [4.69, 9.17) is 63.6 Å². The van der Waals surface area contributed by atoms with Gasteiger partial charge in [0.25, 0.3) is 0 Å². The zero-order valence-electron chi connectivity index (χ0n) is 68.5. The van der Waals surface area contributed by atoms with Crippen LogP contribution in [0.25, 0.3) is 15.5 Å². The molecule has 0 radical (unpaired) electrons. The number of hydrogen-bond acceptors (Lipinski definition) is 21. The number of carbonyl (C=O) groups excluding carboxylic acids is 10. The lowest BCUT2D eigenvalue weighted by Crippen LogP contribution is -2.47. The zero-order valence-corrected chi connectivity index (χ0v) is 72.5. The van der Waals surface area contributed by atoms with E-state index < -0.39 is 28.0 Å². The van der Waals surface area contributed by atoms with E-state index in [9.17, 15) is 56.7 Å². The summed E-state index contributed by atoms with van der Waals surface area (Å²) in [6, 6.07) is 15.6. The summed E-state index contributed by atoms with van der Waals surface area (Å²) in [6.07, 6.45) is 10.8. The molecule has 6 heterocycles. The monoisotopic (exact) mass is 1660 g/mol. The predicted molar refractivity (Wildman–Crippen MR) is 443 cm³/mol. The third-order valence-electron chi connectivity index (χ3n) is 17.0. The summed E-state index contributed by atoms with van der Waals surface area (Å²) < 4.78 is 52.8. The SMILES string of the molecule is CC(=O)SCC(=O)C[C@H]1CCCN(C(=O)OC(C)(C)C)C1.CC(C)(C)OC(=O)N1CCC[C@H](CC(=O)CCl)C1.CC(C)(C)OC(=O)N1CCC[C@H](CC(=O)CS)C1.CC(C)(C)OC(=O)N1CCC[C@H](CC(=O)c2sc(-c3cccc(F)c3)cc2N)C1.CC(C)(C)OC(=O)N1CCC[C@H](N)C1.N#C/C=C(\Cl)c1cccc(F)c1. The Kier molecular flexibility index (Phi) is 42.3. The number of piperidine rings is 5. The maximum absolute atomic E-state index is 13.5. The summed E-state index contributed by atoms with van der Waals surface area (Å²) in [5.74, 6) is 0.838. The van der Waals surface area contributed by atoms with Crippen molar-refractivity contribution >= 4 is 128 Å². The summed E-state index contributed by atoms with van der Waals surface area (Å²) in [7, 11) is 0. The van der Waals surface area contributed by atoms with Crippen molar-refractivity contribution in [1.82, 2.24) is 24.5 Å². The normalized spacial score (nSPS) is 18.8. The fraction of sp³-hybridized carbons (Fsp3) is 0.646. The molecular weight excluding hydrogens is 1540 g/mol. The number of nitrogens with two attached hydrogens (primary N) is 2. The van der Waals surface area contributed by atoms with E-state index in [1.165, 1.54) is 48.6 Å². The highest BCUT2D eigenvalue weighted by atomic mass is 35.5. The molecule has 626 valence electrons. The molecule has 0 saturated carbocycles. The number of likely N-dealkylation sites (tertiary alicyclic amines) is 5. The molecule has 0 spiro atoms. The minimum atomic E-state index is -0.543. The van der Waals surface area contributed by atoms with Crippen molar-refractivity contribution in [2.24, 2.45) is 29.4 Å². The summed E-state index contributed by atoms with van der Waals surface area (Å²) in [6.45, 7) is 35.7. The molecule has 5 saturated heterocycles. The average molecular weight is 1670 g/mol. The maximum atomic E-state index is 13.5. The third kappa shape index (κ3) is 41.8. The molecule has 5 aliphatic rings. The molecular formula is C82H122Cl2F2N8O15S3. The van der Waals surface area contributed by atoms with Gasteiger partial charge in [0.1, 0.15) is 57.0 Å². The third-order valence-corrected chi connectivity index (χ3v) is 20.1. The number of halogens is 4. The first-order valence-electron chi connectivity index (χ1n) is 38.2. The average Bonchev–Trinajstić information content (AvgIpc) is 1.66. The molecule has 8 rings (SSSR count). The number of hydrogen-bond donors (Lipinski definition) is 3. The van der Waals surface area contributed by atoms with Crippen molar-refractivity contribution in [2.45, 2.75) is 235 Å². The van der Waals surface area contributed by atoms with Crippen molar-refractivity contribution in [3.8, 4) is 16.5 Å². The van der Waals surface area contributed by atoms with Crippen molar-refractivity contribution in [1.29, 1.82) is 5.26 Å². The van der Waals surface area contributed by atoms with Gasteiger partial charge in [-0.25, -0.2) is 32.8 Å². The number of carbonyl (C=O) groups is 10. The number of rotatable bonds is 15. The van der Waals surface area contributed by atoms with Gasteiger partial charge < -0.3 is 59.7 Å². The maximum Gasteiger partial charge on any atom is 0.410 e. The smallest absolute Gasteiger partial charge is 0.410 e. The van der Waals surface area contributed by atoms with E-state index in [0.29, 0.717) is 99.7 Å². The van der Waals surface area contributed by atoms with Crippen molar-refractivity contribution < 1.29 is 80.4 Å². The highest BCUT2D eigenvalue weighted by Crippen LogP contribution is 2.36. The van der Waals surface area contributed by atoms with Crippen LogP contribution in [-0.4, -0.2) is 200 Å². The number of ketones is 4. The highest BCUT2D eigenvalue weighted by molar-refractivity contribution is 8.14. The van der Waals surface area contributed by atoms with E-state index in [1.807, 2.05) is 104 Å². The second-order valence-corrected chi connectivity index (χ2v) is 36.7. The molecule has 3 aromatic rings. The lowest BCUT2D eigenvalue weighted by atomic mass is 9.92. The first-order valence-corrected chi connectivity index (χ1v) is 41.6. The van der Waals surface area contributed by atoms with Gasteiger partial charge in [-0.3, -0.25) is 24.0 Å². The number of nitrogens with zero attached hydrogens (tertiary/aromatic N) is 6. The number of anilines is 1. The minimum Gasteiger partial charge on any atom is -0.444 e. The Morgan fingerprint density at radius 3 is 1.25 bits per heavy atom. The molecule has 5 atom stereocenters. The lowest BCUT2D eigenvalue weighted by Gasteiger charge is -2.33. The summed E-state index contributed by atoms with van der Waals surface area (Å²) in [5.41, 5.74) is 11.1.